The van der Waals surface area contributed by atoms with E-state index in [1.54, 1.807) is 0 Å². The van der Waals surface area contributed by atoms with Gasteiger partial charge < -0.3 is 5.11 Å². The monoisotopic (exact) mass is 258 g/mol. The summed E-state index contributed by atoms with van der Waals surface area (Å²) in [6, 6.07) is 8.35. The lowest BCUT2D eigenvalue weighted by Crippen LogP contribution is -1.95. The SMILES string of the molecule is C=C(O)C(C)c1ccc(/C=C(/C)CCCCC)cc1. The molecule has 1 heteroatoms. The van der Waals surface area contributed by atoms with Crippen LogP contribution in [0.1, 0.15) is 63.5 Å². The van der Waals surface area contributed by atoms with E-state index in [0.29, 0.717) is 0 Å². The van der Waals surface area contributed by atoms with Crippen LogP contribution in [0.4, 0.5) is 0 Å². The highest BCUT2D eigenvalue weighted by molar-refractivity contribution is 5.53. The molecule has 0 aliphatic carbocycles. The summed E-state index contributed by atoms with van der Waals surface area (Å²) in [4.78, 5) is 0. The lowest BCUT2D eigenvalue weighted by atomic mass is 9.98. The summed E-state index contributed by atoms with van der Waals surface area (Å²) in [6.07, 6.45) is 7.28. The van der Waals surface area contributed by atoms with Crippen LogP contribution in [0, 0.1) is 0 Å². The molecule has 1 rings (SSSR count). The number of unbranched alkanes of at least 4 members (excludes halogenated alkanes) is 2. The van der Waals surface area contributed by atoms with Gasteiger partial charge in [0, 0.05) is 5.92 Å². The van der Waals surface area contributed by atoms with Crippen LogP contribution in [-0.2, 0) is 0 Å². The Labute approximate surface area is 117 Å². The van der Waals surface area contributed by atoms with Crippen molar-refractivity contribution in [2.75, 3.05) is 0 Å². The van der Waals surface area contributed by atoms with Crippen molar-refractivity contribution in [2.45, 2.75) is 52.4 Å². The third-order valence-corrected chi connectivity index (χ3v) is 3.52. The molecule has 0 saturated heterocycles. The predicted octanol–water partition coefficient (Wildman–Crippen LogP) is 5.85. The summed E-state index contributed by atoms with van der Waals surface area (Å²) >= 11 is 0. The van der Waals surface area contributed by atoms with Gasteiger partial charge in [-0.15, -0.1) is 0 Å². The normalized spacial score (nSPS) is 13.3. The minimum atomic E-state index is 0.00341. The van der Waals surface area contributed by atoms with Gasteiger partial charge in [0.05, 0.1) is 5.76 Å². The fourth-order valence-electron chi connectivity index (χ4n) is 2.08. The number of allylic oxidation sites excluding steroid dienone is 2. The number of hydrogen-bond donors (Lipinski definition) is 1. The Morgan fingerprint density at radius 2 is 1.89 bits per heavy atom. The van der Waals surface area contributed by atoms with E-state index in [0.717, 1.165) is 5.56 Å². The number of aliphatic hydroxyl groups excluding tert-OH is 1. The predicted molar refractivity (Wildman–Crippen MR) is 84.4 cm³/mol. The Morgan fingerprint density at radius 3 is 2.42 bits per heavy atom. The molecule has 1 aromatic rings. The molecule has 104 valence electrons. The van der Waals surface area contributed by atoms with Gasteiger partial charge in [-0.1, -0.05) is 69.2 Å². The topological polar surface area (TPSA) is 20.2 Å². The van der Waals surface area contributed by atoms with E-state index in [2.05, 4.69) is 50.8 Å². The highest BCUT2D eigenvalue weighted by Gasteiger charge is 2.07. The highest BCUT2D eigenvalue weighted by atomic mass is 16.3. The average Bonchev–Trinajstić information content (AvgIpc) is 2.39. The zero-order valence-corrected chi connectivity index (χ0v) is 12.4. The molecular weight excluding hydrogens is 232 g/mol. The molecule has 0 aliphatic rings. The molecule has 0 aliphatic heterocycles. The third kappa shape index (κ3) is 5.34. The first-order chi connectivity index (χ1) is 9.04. The molecule has 1 aromatic carbocycles. The maximum absolute atomic E-state index is 9.40. The fourth-order valence-corrected chi connectivity index (χ4v) is 2.08. The first-order valence-electron chi connectivity index (χ1n) is 7.19. The summed E-state index contributed by atoms with van der Waals surface area (Å²) in [6.45, 7) is 9.98. The van der Waals surface area contributed by atoms with Crippen LogP contribution in [-0.4, -0.2) is 5.11 Å². The molecule has 1 unspecified atom stereocenters. The van der Waals surface area contributed by atoms with Crippen molar-refractivity contribution >= 4 is 6.08 Å². The van der Waals surface area contributed by atoms with Gasteiger partial charge in [-0.3, -0.25) is 0 Å². The van der Waals surface area contributed by atoms with E-state index >= 15 is 0 Å². The van der Waals surface area contributed by atoms with E-state index < -0.39 is 0 Å². The average molecular weight is 258 g/mol. The first kappa shape index (κ1) is 15.6. The molecule has 1 atom stereocenters. The van der Waals surface area contributed by atoms with Crippen molar-refractivity contribution in [3.63, 3.8) is 0 Å². The van der Waals surface area contributed by atoms with E-state index in [9.17, 15) is 5.11 Å². The van der Waals surface area contributed by atoms with Gasteiger partial charge in [-0.25, -0.2) is 0 Å². The van der Waals surface area contributed by atoms with Crippen molar-refractivity contribution < 1.29 is 5.11 Å². The van der Waals surface area contributed by atoms with Crippen LogP contribution in [0.2, 0.25) is 0 Å². The van der Waals surface area contributed by atoms with Crippen molar-refractivity contribution in [3.05, 3.63) is 53.3 Å². The van der Waals surface area contributed by atoms with Crippen LogP contribution in [0.25, 0.3) is 6.08 Å². The van der Waals surface area contributed by atoms with Gasteiger partial charge in [0.15, 0.2) is 0 Å². The lowest BCUT2D eigenvalue weighted by molar-refractivity contribution is 0.378. The second-order valence-electron chi connectivity index (χ2n) is 5.33. The minimum Gasteiger partial charge on any atom is -0.512 e. The van der Waals surface area contributed by atoms with Crippen molar-refractivity contribution in [3.8, 4) is 0 Å². The molecule has 0 radical (unpaired) electrons. The standard InChI is InChI=1S/C18H26O/c1-5-6-7-8-14(2)13-17-9-11-18(12-10-17)15(3)16(4)19/h9-13,15,19H,4-8H2,1-3H3/b14-13-. The minimum absolute atomic E-state index is 0.00341. The van der Waals surface area contributed by atoms with E-state index in [1.807, 2.05) is 6.92 Å². The quantitative estimate of drug-likeness (QED) is 0.481. The molecule has 1 nitrogen and oxygen atoms in total. The molecular formula is C18H26O. The molecule has 1 N–H and O–H groups in total. The summed E-state index contributed by atoms with van der Waals surface area (Å²) in [5, 5.41) is 9.40. The number of rotatable bonds is 7. The Balaban J connectivity index is 2.65. The zero-order valence-electron chi connectivity index (χ0n) is 12.4. The van der Waals surface area contributed by atoms with Gasteiger partial charge in [0.25, 0.3) is 0 Å². The smallest absolute Gasteiger partial charge is 0.0922 e. The van der Waals surface area contributed by atoms with Crippen LogP contribution >= 0.6 is 0 Å². The second kappa shape index (κ2) is 7.83. The third-order valence-electron chi connectivity index (χ3n) is 3.52. The Kier molecular flexibility index (Phi) is 6.41. The Hall–Kier alpha value is -1.50. The van der Waals surface area contributed by atoms with Crippen LogP contribution in [0.5, 0.6) is 0 Å². The molecule has 0 fully saturated rings. The molecule has 0 saturated carbocycles. The molecule has 0 heterocycles. The summed E-state index contributed by atoms with van der Waals surface area (Å²) in [5.41, 5.74) is 3.77. The second-order valence-corrected chi connectivity index (χ2v) is 5.33. The van der Waals surface area contributed by atoms with Crippen molar-refractivity contribution in [2.24, 2.45) is 0 Å². The zero-order chi connectivity index (χ0) is 14.3. The van der Waals surface area contributed by atoms with Crippen LogP contribution in [0.3, 0.4) is 0 Å². The number of hydrogen-bond acceptors (Lipinski definition) is 1. The molecule has 0 bridgehead atoms. The summed E-state index contributed by atoms with van der Waals surface area (Å²) in [7, 11) is 0. The van der Waals surface area contributed by atoms with E-state index in [4.69, 9.17) is 0 Å². The van der Waals surface area contributed by atoms with Gasteiger partial charge in [0.1, 0.15) is 0 Å². The van der Waals surface area contributed by atoms with Crippen molar-refractivity contribution in [1.82, 2.24) is 0 Å². The summed E-state index contributed by atoms with van der Waals surface area (Å²) < 4.78 is 0. The number of benzene rings is 1. The molecule has 0 amide bonds. The van der Waals surface area contributed by atoms with Gasteiger partial charge in [0.2, 0.25) is 0 Å². The maximum atomic E-state index is 9.40. The molecule has 0 aromatic heterocycles. The van der Waals surface area contributed by atoms with Gasteiger partial charge >= 0.3 is 0 Å². The van der Waals surface area contributed by atoms with Gasteiger partial charge in [-0.05, 0) is 30.9 Å². The van der Waals surface area contributed by atoms with Crippen LogP contribution in [0.15, 0.2) is 42.2 Å². The lowest BCUT2D eigenvalue weighted by Gasteiger charge is -2.10. The summed E-state index contributed by atoms with van der Waals surface area (Å²) in [5.74, 6) is 0.225. The highest BCUT2D eigenvalue weighted by Crippen LogP contribution is 2.22. The largest absolute Gasteiger partial charge is 0.512 e. The van der Waals surface area contributed by atoms with E-state index in [1.165, 1.54) is 36.8 Å². The van der Waals surface area contributed by atoms with Crippen LogP contribution < -0.4 is 0 Å². The Bertz CT molecular complexity index is 426. The maximum Gasteiger partial charge on any atom is 0.0922 e. The number of aliphatic hydroxyl groups is 1. The fraction of sp³-hybridized carbons (Fsp3) is 0.444. The van der Waals surface area contributed by atoms with E-state index in [-0.39, 0.29) is 11.7 Å². The molecule has 19 heavy (non-hydrogen) atoms. The molecule has 0 spiro atoms. The Morgan fingerprint density at radius 1 is 1.26 bits per heavy atom. The van der Waals surface area contributed by atoms with Crippen molar-refractivity contribution in [1.29, 1.82) is 0 Å². The van der Waals surface area contributed by atoms with Gasteiger partial charge in [-0.2, -0.15) is 0 Å². The first-order valence-corrected chi connectivity index (χ1v) is 7.19.